The summed E-state index contributed by atoms with van der Waals surface area (Å²) in [7, 11) is 0. The van der Waals surface area contributed by atoms with Crippen molar-refractivity contribution in [3.05, 3.63) is 52.4 Å². The lowest BCUT2D eigenvalue weighted by molar-refractivity contribution is -0.130. The molecule has 1 aromatic heterocycles. The van der Waals surface area contributed by atoms with Crippen LogP contribution < -0.4 is 15.6 Å². The van der Waals surface area contributed by atoms with Crippen molar-refractivity contribution >= 4 is 27.7 Å². The van der Waals surface area contributed by atoms with Gasteiger partial charge in [0.05, 0.1) is 16.3 Å². The number of hydrazine groups is 1. The molecule has 0 aliphatic carbocycles. The Balaban J connectivity index is 2.01. The van der Waals surface area contributed by atoms with E-state index in [2.05, 4.69) is 26.8 Å². The van der Waals surface area contributed by atoms with Crippen molar-refractivity contribution in [2.45, 2.75) is 26.9 Å². The predicted octanol–water partition coefficient (Wildman–Crippen LogP) is 3.22. The summed E-state index contributed by atoms with van der Waals surface area (Å²) in [4.78, 5) is 24.4. The molecule has 0 aliphatic heterocycles. The highest BCUT2D eigenvalue weighted by atomic mass is 79.9. The number of halogens is 1. The molecule has 0 saturated heterocycles. The average Bonchev–Trinajstić information content (AvgIpc) is 2.97. The fourth-order valence-corrected chi connectivity index (χ4v) is 2.43. The Hall–Kier alpha value is -2.28. The number of ether oxygens (including phenoxy) is 1. The van der Waals surface area contributed by atoms with E-state index < -0.39 is 17.9 Å². The monoisotopic (exact) mass is 394 g/mol. The summed E-state index contributed by atoms with van der Waals surface area (Å²) in [6.45, 7) is 5.40. The second kappa shape index (κ2) is 8.01. The van der Waals surface area contributed by atoms with Crippen molar-refractivity contribution in [1.29, 1.82) is 0 Å². The van der Waals surface area contributed by atoms with Gasteiger partial charge in [0.1, 0.15) is 11.5 Å². The van der Waals surface area contributed by atoms with E-state index in [9.17, 15) is 9.59 Å². The lowest BCUT2D eigenvalue weighted by Crippen LogP contribution is -2.49. The number of rotatable bonds is 5. The van der Waals surface area contributed by atoms with Crippen LogP contribution in [-0.2, 0) is 4.79 Å². The third-order valence-electron chi connectivity index (χ3n) is 3.36. The van der Waals surface area contributed by atoms with E-state index in [0.29, 0.717) is 17.1 Å². The number of amides is 2. The number of carbonyl (C=O) groups excluding carboxylic acids is 2. The lowest BCUT2D eigenvalue weighted by atomic mass is 10.1. The standard InChI is InChI=1S/C17H19BrN2O4/c1-10(2)15(24-14-7-5-4-6-13(14)18)17(22)20-19-16(21)12-8-9-23-11(12)3/h4-10,15H,1-3H3,(H,19,21)(H,20,22)/t15-/m1/s1. The molecule has 0 aliphatic rings. The summed E-state index contributed by atoms with van der Waals surface area (Å²) >= 11 is 3.38. The Morgan fingerprint density at radius 1 is 1.17 bits per heavy atom. The Morgan fingerprint density at radius 2 is 1.88 bits per heavy atom. The number of hydrogen-bond donors (Lipinski definition) is 2. The first kappa shape index (κ1) is 18.1. The van der Waals surface area contributed by atoms with Crippen molar-refractivity contribution in [3.63, 3.8) is 0 Å². The van der Waals surface area contributed by atoms with Gasteiger partial charge in [-0.15, -0.1) is 0 Å². The van der Waals surface area contributed by atoms with E-state index in [1.165, 1.54) is 12.3 Å². The summed E-state index contributed by atoms with van der Waals surface area (Å²) in [6, 6.07) is 8.80. The highest BCUT2D eigenvalue weighted by Crippen LogP contribution is 2.26. The SMILES string of the molecule is Cc1occc1C(=O)NNC(=O)[C@H](Oc1ccccc1Br)C(C)C. The van der Waals surface area contributed by atoms with Gasteiger partial charge in [0.15, 0.2) is 6.10 Å². The minimum absolute atomic E-state index is 0.0929. The zero-order valence-corrected chi connectivity index (χ0v) is 15.2. The van der Waals surface area contributed by atoms with Gasteiger partial charge in [0, 0.05) is 0 Å². The molecule has 1 aromatic carbocycles. The molecule has 2 N–H and O–H groups in total. The van der Waals surface area contributed by atoms with Gasteiger partial charge in [-0.2, -0.15) is 0 Å². The molecule has 0 fully saturated rings. The number of furan rings is 1. The molecule has 0 spiro atoms. The molecule has 24 heavy (non-hydrogen) atoms. The van der Waals surface area contributed by atoms with Crippen LogP contribution >= 0.6 is 15.9 Å². The van der Waals surface area contributed by atoms with Crippen LogP contribution in [0.2, 0.25) is 0 Å². The van der Waals surface area contributed by atoms with Crippen LogP contribution in [0.25, 0.3) is 0 Å². The summed E-state index contributed by atoms with van der Waals surface area (Å²) in [5.41, 5.74) is 5.13. The number of benzene rings is 1. The third kappa shape index (κ3) is 4.38. The van der Waals surface area contributed by atoms with Gasteiger partial charge in [-0.25, -0.2) is 0 Å². The summed E-state index contributed by atoms with van der Waals surface area (Å²) in [5.74, 6) is 0.0629. The normalized spacial score (nSPS) is 11.9. The quantitative estimate of drug-likeness (QED) is 0.762. The van der Waals surface area contributed by atoms with E-state index in [1.807, 2.05) is 32.0 Å². The number of aryl methyl sites for hydroxylation is 1. The second-order valence-electron chi connectivity index (χ2n) is 5.55. The molecule has 0 bridgehead atoms. The van der Waals surface area contributed by atoms with Crippen LogP contribution in [0.3, 0.4) is 0 Å². The Morgan fingerprint density at radius 3 is 2.46 bits per heavy atom. The van der Waals surface area contributed by atoms with Gasteiger partial charge in [-0.3, -0.25) is 20.4 Å². The molecule has 6 nitrogen and oxygen atoms in total. The van der Waals surface area contributed by atoms with E-state index in [1.54, 1.807) is 13.0 Å². The van der Waals surface area contributed by atoms with Gasteiger partial charge in [0.2, 0.25) is 0 Å². The smallest absolute Gasteiger partial charge is 0.279 e. The van der Waals surface area contributed by atoms with Crippen LogP contribution in [0.5, 0.6) is 5.75 Å². The van der Waals surface area contributed by atoms with Gasteiger partial charge >= 0.3 is 0 Å². The first-order valence-electron chi connectivity index (χ1n) is 7.45. The number of hydrogen-bond acceptors (Lipinski definition) is 4. The average molecular weight is 395 g/mol. The van der Waals surface area contributed by atoms with Crippen LogP contribution in [0.1, 0.15) is 30.0 Å². The number of carbonyl (C=O) groups is 2. The van der Waals surface area contributed by atoms with Crippen LogP contribution in [0.4, 0.5) is 0 Å². The first-order chi connectivity index (χ1) is 11.4. The summed E-state index contributed by atoms with van der Waals surface area (Å²) in [5, 5.41) is 0. The predicted molar refractivity (Wildman–Crippen MR) is 92.4 cm³/mol. The minimum Gasteiger partial charge on any atom is -0.479 e. The van der Waals surface area contributed by atoms with Gasteiger partial charge in [-0.05, 0) is 47.0 Å². The molecule has 2 aromatic rings. The number of nitrogens with one attached hydrogen (secondary N) is 2. The summed E-state index contributed by atoms with van der Waals surface area (Å²) < 4.78 is 11.6. The third-order valence-corrected chi connectivity index (χ3v) is 4.01. The molecule has 2 amide bonds. The van der Waals surface area contributed by atoms with Crippen LogP contribution in [-0.4, -0.2) is 17.9 Å². The fraction of sp³-hybridized carbons (Fsp3) is 0.294. The van der Waals surface area contributed by atoms with Gasteiger partial charge in [-0.1, -0.05) is 26.0 Å². The Bertz CT molecular complexity index is 727. The van der Waals surface area contributed by atoms with Crippen molar-refractivity contribution in [3.8, 4) is 5.75 Å². The molecule has 1 heterocycles. The molecule has 0 saturated carbocycles. The number of para-hydroxylation sites is 1. The highest BCUT2D eigenvalue weighted by molar-refractivity contribution is 9.10. The van der Waals surface area contributed by atoms with Crippen molar-refractivity contribution < 1.29 is 18.7 Å². The van der Waals surface area contributed by atoms with E-state index in [-0.39, 0.29) is 5.92 Å². The molecule has 0 radical (unpaired) electrons. The molecule has 128 valence electrons. The van der Waals surface area contributed by atoms with E-state index in [4.69, 9.17) is 9.15 Å². The van der Waals surface area contributed by atoms with Crippen molar-refractivity contribution in [2.75, 3.05) is 0 Å². The van der Waals surface area contributed by atoms with E-state index >= 15 is 0 Å². The first-order valence-corrected chi connectivity index (χ1v) is 8.25. The fourth-order valence-electron chi connectivity index (χ4n) is 2.05. The van der Waals surface area contributed by atoms with Gasteiger partial charge < -0.3 is 9.15 Å². The minimum atomic E-state index is -0.755. The van der Waals surface area contributed by atoms with Crippen molar-refractivity contribution in [1.82, 2.24) is 10.9 Å². The lowest BCUT2D eigenvalue weighted by Gasteiger charge is -2.22. The van der Waals surface area contributed by atoms with Gasteiger partial charge in [0.25, 0.3) is 11.8 Å². The molecule has 0 unspecified atom stereocenters. The second-order valence-corrected chi connectivity index (χ2v) is 6.40. The molecule has 7 heteroatoms. The topological polar surface area (TPSA) is 80.6 Å². The molecule has 1 atom stereocenters. The van der Waals surface area contributed by atoms with Crippen LogP contribution in [0, 0.1) is 12.8 Å². The summed E-state index contributed by atoms with van der Waals surface area (Å²) in [6.07, 6.45) is 0.661. The molecule has 2 rings (SSSR count). The molecular formula is C17H19BrN2O4. The van der Waals surface area contributed by atoms with E-state index in [0.717, 1.165) is 4.47 Å². The Kier molecular flexibility index (Phi) is 6.03. The highest BCUT2D eigenvalue weighted by Gasteiger charge is 2.25. The largest absolute Gasteiger partial charge is 0.479 e. The maximum Gasteiger partial charge on any atom is 0.279 e. The zero-order chi connectivity index (χ0) is 17.7. The van der Waals surface area contributed by atoms with Crippen LogP contribution in [0.15, 0.2) is 45.5 Å². The molecular weight excluding hydrogens is 376 g/mol. The maximum absolute atomic E-state index is 12.4. The Labute approximate surface area is 148 Å². The zero-order valence-electron chi connectivity index (χ0n) is 13.6. The van der Waals surface area contributed by atoms with Crippen molar-refractivity contribution in [2.24, 2.45) is 5.92 Å². The maximum atomic E-state index is 12.4.